The van der Waals surface area contributed by atoms with Crippen molar-refractivity contribution in [3.63, 3.8) is 0 Å². The fraction of sp³-hybridized carbons (Fsp3) is 0. The van der Waals surface area contributed by atoms with E-state index in [2.05, 4.69) is 20.9 Å². The molecule has 0 aliphatic carbocycles. The van der Waals surface area contributed by atoms with Crippen LogP contribution < -0.4 is 10.5 Å². The number of hydrogen-bond acceptors (Lipinski definition) is 4. The third-order valence-corrected chi connectivity index (χ3v) is 2.95. The number of benzene rings is 1. The first kappa shape index (κ1) is 10.4. The molecule has 6 heteroatoms. The molecule has 15 heavy (non-hydrogen) atoms. The molecular weight excluding hydrogens is 283 g/mol. The van der Waals surface area contributed by atoms with Crippen molar-refractivity contribution in [3.05, 3.63) is 34.7 Å². The molecule has 0 unspecified atom stereocenters. The maximum Gasteiger partial charge on any atom is 0.280 e. The molecule has 1 aromatic heterocycles. The molecule has 0 atom stereocenters. The summed E-state index contributed by atoms with van der Waals surface area (Å²) >= 11 is 4.26. The second-order valence-electron chi connectivity index (χ2n) is 2.71. The predicted octanol–water partition coefficient (Wildman–Crippen LogP) is 3.42. The highest BCUT2D eigenvalue weighted by Gasteiger charge is 2.05. The number of aromatic nitrogens is 1. The Hall–Kier alpha value is -1.14. The maximum atomic E-state index is 13.1. The summed E-state index contributed by atoms with van der Waals surface area (Å²) in [7, 11) is 0. The normalized spacial score (nSPS) is 10.3. The van der Waals surface area contributed by atoms with Crippen LogP contribution in [0.2, 0.25) is 0 Å². The lowest BCUT2D eigenvalue weighted by atomic mass is 10.3. The molecule has 2 rings (SSSR count). The summed E-state index contributed by atoms with van der Waals surface area (Å²) < 4.78 is 18.8. The Morgan fingerprint density at radius 1 is 1.47 bits per heavy atom. The van der Waals surface area contributed by atoms with E-state index in [0.717, 1.165) is 0 Å². The van der Waals surface area contributed by atoms with Crippen LogP contribution in [0.4, 0.5) is 9.39 Å². The maximum absolute atomic E-state index is 13.1. The molecule has 1 heterocycles. The molecule has 2 N–H and O–H groups in total. The van der Waals surface area contributed by atoms with Gasteiger partial charge in [-0.2, -0.15) is 0 Å². The van der Waals surface area contributed by atoms with Crippen molar-refractivity contribution in [3.8, 4) is 10.9 Å². The third-order valence-electron chi connectivity index (χ3n) is 1.60. The molecule has 3 nitrogen and oxygen atoms in total. The first-order valence-corrected chi connectivity index (χ1v) is 5.60. The average Bonchev–Trinajstić information content (AvgIpc) is 2.58. The Morgan fingerprint density at radius 2 is 2.27 bits per heavy atom. The van der Waals surface area contributed by atoms with Gasteiger partial charge in [0.2, 0.25) is 0 Å². The SMILES string of the molecule is Nc1cnc(Oc2ccc(Br)c(F)c2)s1. The minimum absolute atomic E-state index is 0.378. The van der Waals surface area contributed by atoms with Gasteiger partial charge in [-0.05, 0) is 28.1 Å². The van der Waals surface area contributed by atoms with Gasteiger partial charge in [0, 0.05) is 6.07 Å². The van der Waals surface area contributed by atoms with E-state index >= 15 is 0 Å². The Kier molecular flexibility index (Phi) is 2.88. The first-order chi connectivity index (χ1) is 7.15. The van der Waals surface area contributed by atoms with Crippen LogP contribution >= 0.6 is 27.3 Å². The Labute approximate surface area is 97.8 Å². The summed E-state index contributed by atoms with van der Waals surface area (Å²) in [6.07, 6.45) is 1.50. The van der Waals surface area contributed by atoms with Crippen LogP contribution in [0.15, 0.2) is 28.9 Å². The number of nitrogens with two attached hydrogens (primary N) is 1. The summed E-state index contributed by atoms with van der Waals surface area (Å²) in [5.74, 6) is 0.0158. The minimum Gasteiger partial charge on any atom is -0.431 e. The lowest BCUT2D eigenvalue weighted by Crippen LogP contribution is -1.84. The van der Waals surface area contributed by atoms with E-state index in [1.54, 1.807) is 12.1 Å². The van der Waals surface area contributed by atoms with Crippen molar-refractivity contribution >= 4 is 32.3 Å². The number of hydrogen-bond donors (Lipinski definition) is 1. The van der Waals surface area contributed by atoms with E-state index in [-0.39, 0.29) is 5.82 Å². The van der Waals surface area contributed by atoms with Crippen molar-refractivity contribution in [1.29, 1.82) is 0 Å². The van der Waals surface area contributed by atoms with E-state index in [0.29, 0.717) is 20.4 Å². The topological polar surface area (TPSA) is 48.1 Å². The second kappa shape index (κ2) is 4.16. The number of thiazole rings is 1. The number of nitrogen functional groups attached to an aromatic ring is 1. The van der Waals surface area contributed by atoms with Crippen LogP contribution in [0.3, 0.4) is 0 Å². The highest BCUT2D eigenvalue weighted by Crippen LogP contribution is 2.29. The fourth-order valence-corrected chi connectivity index (χ4v) is 1.76. The molecule has 78 valence electrons. The molecule has 1 aromatic carbocycles. The molecule has 0 amide bonds. The van der Waals surface area contributed by atoms with E-state index in [1.807, 2.05) is 0 Å². The molecule has 0 fully saturated rings. The van der Waals surface area contributed by atoms with Crippen LogP contribution in [-0.4, -0.2) is 4.98 Å². The Balaban J connectivity index is 2.21. The van der Waals surface area contributed by atoms with Gasteiger partial charge in [0.15, 0.2) is 0 Å². The number of nitrogens with zero attached hydrogens (tertiary/aromatic N) is 1. The van der Waals surface area contributed by atoms with Gasteiger partial charge in [0.05, 0.1) is 10.7 Å². The van der Waals surface area contributed by atoms with Gasteiger partial charge in [-0.25, -0.2) is 9.37 Å². The van der Waals surface area contributed by atoms with Gasteiger partial charge < -0.3 is 10.5 Å². The van der Waals surface area contributed by atoms with Gasteiger partial charge in [-0.3, -0.25) is 0 Å². The highest BCUT2D eigenvalue weighted by molar-refractivity contribution is 9.10. The zero-order valence-electron chi connectivity index (χ0n) is 7.41. The van der Waals surface area contributed by atoms with Crippen molar-refractivity contribution in [2.75, 3.05) is 5.73 Å². The minimum atomic E-state index is -0.378. The number of rotatable bonds is 2. The zero-order valence-corrected chi connectivity index (χ0v) is 9.81. The van der Waals surface area contributed by atoms with Gasteiger partial charge in [-0.1, -0.05) is 11.3 Å². The van der Waals surface area contributed by atoms with Crippen molar-refractivity contribution in [2.24, 2.45) is 0 Å². The highest BCUT2D eigenvalue weighted by atomic mass is 79.9. The van der Waals surface area contributed by atoms with E-state index < -0.39 is 0 Å². The molecule has 0 radical (unpaired) electrons. The second-order valence-corrected chi connectivity index (χ2v) is 4.59. The van der Waals surface area contributed by atoms with Gasteiger partial charge in [0.1, 0.15) is 16.6 Å². The van der Waals surface area contributed by atoms with Crippen molar-refractivity contribution in [2.45, 2.75) is 0 Å². The molecule has 0 aliphatic heterocycles. The predicted molar refractivity (Wildman–Crippen MR) is 60.7 cm³/mol. The molecule has 0 saturated heterocycles. The van der Waals surface area contributed by atoms with Gasteiger partial charge in [-0.15, -0.1) is 0 Å². The zero-order chi connectivity index (χ0) is 10.8. The largest absolute Gasteiger partial charge is 0.431 e. The molecule has 0 aliphatic rings. The molecule has 2 aromatic rings. The number of anilines is 1. The number of ether oxygens (including phenoxy) is 1. The Bertz CT molecular complexity index is 489. The smallest absolute Gasteiger partial charge is 0.280 e. The van der Waals surface area contributed by atoms with Crippen LogP contribution in [0.5, 0.6) is 10.9 Å². The van der Waals surface area contributed by atoms with Crippen LogP contribution in [0.1, 0.15) is 0 Å². The fourth-order valence-electron chi connectivity index (χ4n) is 0.958. The van der Waals surface area contributed by atoms with Crippen molar-refractivity contribution in [1.82, 2.24) is 4.98 Å². The first-order valence-electron chi connectivity index (χ1n) is 3.99. The third kappa shape index (κ3) is 2.45. The van der Waals surface area contributed by atoms with Gasteiger partial charge in [0.25, 0.3) is 5.19 Å². The van der Waals surface area contributed by atoms with Gasteiger partial charge >= 0.3 is 0 Å². The van der Waals surface area contributed by atoms with Crippen LogP contribution in [0.25, 0.3) is 0 Å². The Morgan fingerprint density at radius 3 is 2.87 bits per heavy atom. The average molecular weight is 289 g/mol. The van der Waals surface area contributed by atoms with Crippen molar-refractivity contribution < 1.29 is 9.13 Å². The quantitative estimate of drug-likeness (QED) is 0.921. The summed E-state index contributed by atoms with van der Waals surface area (Å²) in [6.45, 7) is 0. The van der Waals surface area contributed by atoms with Crippen LogP contribution in [0, 0.1) is 5.82 Å². The van der Waals surface area contributed by atoms with E-state index in [4.69, 9.17) is 10.5 Å². The lowest BCUT2D eigenvalue weighted by molar-refractivity contribution is 0.472. The molecule has 0 saturated carbocycles. The summed E-state index contributed by atoms with van der Waals surface area (Å²) in [4.78, 5) is 3.90. The number of halogens is 2. The lowest BCUT2D eigenvalue weighted by Gasteiger charge is -2.01. The summed E-state index contributed by atoms with van der Waals surface area (Å²) in [6, 6.07) is 4.49. The monoisotopic (exact) mass is 288 g/mol. The summed E-state index contributed by atoms with van der Waals surface area (Å²) in [5.41, 5.74) is 5.48. The van der Waals surface area contributed by atoms with E-state index in [1.165, 1.54) is 23.6 Å². The van der Waals surface area contributed by atoms with E-state index in [9.17, 15) is 4.39 Å². The van der Waals surface area contributed by atoms with Crippen LogP contribution in [-0.2, 0) is 0 Å². The molecule has 0 bridgehead atoms. The summed E-state index contributed by atoms with van der Waals surface area (Å²) in [5, 5.41) is 0.955. The standard InChI is InChI=1S/C9H6BrFN2OS/c10-6-2-1-5(3-7(6)11)14-9-13-4-8(12)15-9/h1-4H,12H2. The molecular formula is C9H6BrFN2OS. The molecule has 0 spiro atoms.